The number of nitrogens with zero attached hydrogens (tertiary/aromatic N) is 1. The van der Waals surface area contributed by atoms with Crippen molar-refractivity contribution in [2.24, 2.45) is 5.92 Å². The Hall–Kier alpha value is -1.70. The van der Waals surface area contributed by atoms with Gasteiger partial charge in [0.25, 0.3) is 0 Å². The monoisotopic (exact) mass is 238 g/mol. The van der Waals surface area contributed by atoms with E-state index in [4.69, 9.17) is 11.5 Å². The van der Waals surface area contributed by atoms with E-state index in [1.807, 2.05) is 6.92 Å². The predicted octanol–water partition coefficient (Wildman–Crippen LogP) is 0.904. The van der Waals surface area contributed by atoms with Crippen LogP contribution in [0.3, 0.4) is 0 Å². The number of hydrogen-bond donors (Lipinski definition) is 2. The van der Waals surface area contributed by atoms with Crippen LogP contribution >= 0.6 is 0 Å². The number of unbranched alkanes of at least 4 members (excludes halogenated alkanes) is 1. The van der Waals surface area contributed by atoms with Crippen molar-refractivity contribution in [3.8, 4) is 12.3 Å². The molecule has 0 saturated carbocycles. The van der Waals surface area contributed by atoms with Crippen LogP contribution < -0.4 is 5.32 Å². The van der Waals surface area contributed by atoms with E-state index >= 15 is 0 Å². The van der Waals surface area contributed by atoms with Crippen LogP contribution in [-0.2, 0) is 4.79 Å². The third kappa shape index (κ3) is 3.38. The van der Waals surface area contributed by atoms with Gasteiger partial charge in [-0.1, -0.05) is 6.92 Å². The van der Waals surface area contributed by atoms with E-state index in [9.17, 15) is 9.59 Å². The summed E-state index contributed by atoms with van der Waals surface area (Å²) in [4.78, 5) is 24.2. The molecule has 1 aliphatic rings. The van der Waals surface area contributed by atoms with E-state index in [1.54, 1.807) is 0 Å². The number of nitrogens with one attached hydrogen (secondary N) is 1. The van der Waals surface area contributed by atoms with Crippen LogP contribution in [-0.4, -0.2) is 41.1 Å². The van der Waals surface area contributed by atoms with E-state index in [0.717, 1.165) is 6.42 Å². The summed E-state index contributed by atoms with van der Waals surface area (Å²) in [6.07, 6.45) is 7.15. The lowest BCUT2D eigenvalue weighted by Gasteiger charge is -2.23. The zero-order valence-corrected chi connectivity index (χ0v) is 9.98. The summed E-state index contributed by atoms with van der Waals surface area (Å²) >= 11 is 0. The van der Waals surface area contributed by atoms with E-state index < -0.39 is 12.0 Å². The van der Waals surface area contributed by atoms with Gasteiger partial charge in [0.1, 0.15) is 6.04 Å². The number of carbonyl (C=O) groups excluding carboxylic acids is 1. The highest BCUT2D eigenvalue weighted by molar-refractivity contribution is 5.83. The van der Waals surface area contributed by atoms with Gasteiger partial charge in [-0.25, -0.2) is 9.59 Å². The maximum atomic E-state index is 11.8. The minimum atomic E-state index is -0.936. The Morgan fingerprint density at radius 1 is 1.59 bits per heavy atom. The fourth-order valence-electron chi connectivity index (χ4n) is 2.04. The molecule has 17 heavy (non-hydrogen) atoms. The summed E-state index contributed by atoms with van der Waals surface area (Å²) in [5.41, 5.74) is 0. The molecule has 0 spiro atoms. The summed E-state index contributed by atoms with van der Waals surface area (Å²) in [5, 5.41) is 11.8. The van der Waals surface area contributed by atoms with Gasteiger partial charge in [0.15, 0.2) is 0 Å². The molecule has 2 N–H and O–H groups in total. The SMILES string of the molecule is C#CCCCNC(=O)N1CCC(C)C1C(=O)O. The number of hydrogen-bond acceptors (Lipinski definition) is 2. The molecule has 2 amide bonds. The Balaban J connectivity index is 2.46. The second-order valence-electron chi connectivity index (χ2n) is 4.28. The maximum absolute atomic E-state index is 11.8. The van der Waals surface area contributed by atoms with Crippen LogP contribution in [0.4, 0.5) is 4.79 Å². The first-order chi connectivity index (χ1) is 8.07. The van der Waals surface area contributed by atoms with E-state index in [2.05, 4.69) is 11.2 Å². The first-order valence-electron chi connectivity index (χ1n) is 5.78. The summed E-state index contributed by atoms with van der Waals surface area (Å²) in [5.74, 6) is 1.55. The highest BCUT2D eigenvalue weighted by atomic mass is 16.4. The molecule has 0 radical (unpaired) electrons. The third-order valence-corrected chi connectivity index (χ3v) is 2.99. The van der Waals surface area contributed by atoms with Crippen molar-refractivity contribution in [1.29, 1.82) is 0 Å². The Morgan fingerprint density at radius 3 is 2.88 bits per heavy atom. The Kier molecular flexibility index (Phi) is 4.83. The second kappa shape index (κ2) is 6.14. The molecule has 5 heteroatoms. The van der Waals surface area contributed by atoms with Crippen LogP contribution in [0, 0.1) is 18.3 Å². The van der Waals surface area contributed by atoms with Crippen LogP contribution in [0.5, 0.6) is 0 Å². The number of carbonyl (C=O) groups is 2. The number of carboxylic acid groups (broad SMARTS) is 1. The van der Waals surface area contributed by atoms with Crippen LogP contribution in [0.25, 0.3) is 0 Å². The lowest BCUT2D eigenvalue weighted by molar-refractivity contribution is -0.142. The first-order valence-corrected chi connectivity index (χ1v) is 5.78. The normalized spacial score (nSPS) is 23.2. The molecule has 1 fully saturated rings. The van der Waals surface area contributed by atoms with Crippen LogP contribution in [0.2, 0.25) is 0 Å². The number of amides is 2. The van der Waals surface area contributed by atoms with Gasteiger partial charge >= 0.3 is 12.0 Å². The van der Waals surface area contributed by atoms with Crippen molar-refractivity contribution in [3.63, 3.8) is 0 Å². The predicted molar refractivity (Wildman–Crippen MR) is 63.4 cm³/mol. The van der Waals surface area contributed by atoms with Crippen LogP contribution in [0.15, 0.2) is 0 Å². The van der Waals surface area contributed by atoms with Gasteiger partial charge in [-0.05, 0) is 18.8 Å². The van der Waals surface area contributed by atoms with E-state index in [1.165, 1.54) is 4.90 Å². The quantitative estimate of drug-likeness (QED) is 0.565. The first kappa shape index (κ1) is 13.4. The number of likely N-dealkylation sites (tertiary alicyclic amines) is 1. The lowest BCUT2D eigenvalue weighted by atomic mass is 10.0. The zero-order valence-electron chi connectivity index (χ0n) is 9.98. The lowest BCUT2D eigenvalue weighted by Crippen LogP contribution is -2.47. The number of carboxylic acids is 1. The third-order valence-electron chi connectivity index (χ3n) is 2.99. The molecule has 2 unspecified atom stereocenters. The Morgan fingerprint density at radius 2 is 2.29 bits per heavy atom. The van der Waals surface area contributed by atoms with Crippen molar-refractivity contribution < 1.29 is 14.7 Å². The number of rotatable bonds is 4. The highest BCUT2D eigenvalue weighted by Gasteiger charge is 2.39. The van der Waals surface area contributed by atoms with Gasteiger partial charge in [0.2, 0.25) is 0 Å². The van der Waals surface area contributed by atoms with Gasteiger partial charge < -0.3 is 15.3 Å². The summed E-state index contributed by atoms with van der Waals surface area (Å²) in [6, 6.07) is -1.01. The molecule has 1 aliphatic heterocycles. The Bertz CT molecular complexity index is 335. The van der Waals surface area contributed by atoms with Gasteiger partial charge in [-0.3, -0.25) is 0 Å². The van der Waals surface area contributed by atoms with Crippen molar-refractivity contribution in [2.45, 2.75) is 32.2 Å². The van der Waals surface area contributed by atoms with Crippen molar-refractivity contribution in [3.05, 3.63) is 0 Å². The fourth-order valence-corrected chi connectivity index (χ4v) is 2.04. The molecular formula is C12H18N2O3. The minimum absolute atomic E-state index is 0.00367. The molecule has 2 atom stereocenters. The summed E-state index contributed by atoms with van der Waals surface area (Å²) in [7, 11) is 0. The standard InChI is InChI=1S/C12H18N2O3/c1-3-4-5-7-13-12(17)14-8-6-9(2)10(14)11(15)16/h1,9-10H,4-8H2,2H3,(H,13,17)(H,15,16). The number of aliphatic carboxylic acids is 1. The molecule has 0 aromatic rings. The van der Waals surface area contributed by atoms with Crippen molar-refractivity contribution in [1.82, 2.24) is 10.2 Å². The highest BCUT2D eigenvalue weighted by Crippen LogP contribution is 2.23. The Labute approximate surface area is 101 Å². The molecule has 0 aromatic heterocycles. The van der Waals surface area contributed by atoms with Crippen molar-refractivity contribution in [2.75, 3.05) is 13.1 Å². The zero-order chi connectivity index (χ0) is 12.8. The molecule has 1 saturated heterocycles. The molecule has 1 heterocycles. The second-order valence-corrected chi connectivity index (χ2v) is 4.28. The largest absolute Gasteiger partial charge is 0.480 e. The topological polar surface area (TPSA) is 69.6 Å². The van der Waals surface area contributed by atoms with Crippen molar-refractivity contribution >= 4 is 12.0 Å². The number of urea groups is 1. The molecule has 0 aromatic carbocycles. The average molecular weight is 238 g/mol. The van der Waals surface area contributed by atoms with E-state index in [-0.39, 0.29) is 11.9 Å². The average Bonchev–Trinajstić information content (AvgIpc) is 2.66. The van der Waals surface area contributed by atoms with Gasteiger partial charge in [0, 0.05) is 19.5 Å². The molecule has 0 aliphatic carbocycles. The van der Waals surface area contributed by atoms with Gasteiger partial charge in [0.05, 0.1) is 0 Å². The molecule has 94 valence electrons. The molecular weight excluding hydrogens is 220 g/mol. The molecule has 1 rings (SSSR count). The smallest absolute Gasteiger partial charge is 0.326 e. The fraction of sp³-hybridized carbons (Fsp3) is 0.667. The number of terminal acetylenes is 1. The summed E-state index contributed by atoms with van der Waals surface area (Å²) in [6.45, 7) is 2.84. The van der Waals surface area contributed by atoms with E-state index in [0.29, 0.717) is 25.9 Å². The van der Waals surface area contributed by atoms with Gasteiger partial charge in [-0.15, -0.1) is 12.3 Å². The molecule has 5 nitrogen and oxygen atoms in total. The molecule has 0 bridgehead atoms. The van der Waals surface area contributed by atoms with Crippen LogP contribution in [0.1, 0.15) is 26.2 Å². The summed E-state index contributed by atoms with van der Waals surface area (Å²) < 4.78 is 0. The maximum Gasteiger partial charge on any atom is 0.326 e. The van der Waals surface area contributed by atoms with Gasteiger partial charge in [-0.2, -0.15) is 0 Å². The minimum Gasteiger partial charge on any atom is -0.480 e.